The number of anilines is 1. The van der Waals surface area contributed by atoms with Crippen LogP contribution < -0.4 is 10.6 Å². The summed E-state index contributed by atoms with van der Waals surface area (Å²) in [6.45, 7) is 4.52. The van der Waals surface area contributed by atoms with E-state index in [2.05, 4.69) is 10.6 Å². The van der Waals surface area contributed by atoms with E-state index in [1.807, 2.05) is 41.8 Å². The highest BCUT2D eigenvalue weighted by molar-refractivity contribution is 6.00. The second-order valence-electron chi connectivity index (χ2n) is 7.69. The van der Waals surface area contributed by atoms with E-state index >= 15 is 0 Å². The average Bonchev–Trinajstić information content (AvgIpc) is 3.11. The Morgan fingerprint density at radius 1 is 1.12 bits per heavy atom. The summed E-state index contributed by atoms with van der Waals surface area (Å²) in [5, 5.41) is 25.4. The van der Waals surface area contributed by atoms with Crippen LogP contribution in [0.15, 0.2) is 66.0 Å². The minimum absolute atomic E-state index is 0.0281. The zero-order chi connectivity index (χ0) is 24.8. The summed E-state index contributed by atoms with van der Waals surface area (Å²) in [5.41, 5.74) is 3.06. The molecule has 1 heterocycles. The number of carbonyl (C=O) groups is 2. The molecule has 3 aromatic rings. The third-order valence-electron chi connectivity index (χ3n) is 5.09. The first-order valence-electron chi connectivity index (χ1n) is 10.4. The van der Waals surface area contributed by atoms with Gasteiger partial charge in [0.25, 0.3) is 11.6 Å². The number of nitro groups is 1. The molecule has 1 amide bonds. The fourth-order valence-corrected chi connectivity index (χ4v) is 3.47. The number of nitro benzene ring substituents is 1. The lowest BCUT2D eigenvalue weighted by Gasteiger charge is -2.15. The topological polar surface area (TPSA) is 139 Å². The molecule has 3 rings (SSSR count). The number of benzene rings is 2. The normalized spacial score (nSPS) is 11.5. The van der Waals surface area contributed by atoms with E-state index in [0.29, 0.717) is 11.4 Å². The van der Waals surface area contributed by atoms with Crippen molar-refractivity contribution >= 4 is 39.9 Å². The Labute approximate surface area is 195 Å². The number of non-ortho nitro benzene ring substituents is 1. The average molecular weight is 463 g/mol. The van der Waals surface area contributed by atoms with Crippen LogP contribution in [-0.4, -0.2) is 33.7 Å². The van der Waals surface area contributed by atoms with E-state index < -0.39 is 23.4 Å². The van der Waals surface area contributed by atoms with Crippen molar-refractivity contribution in [3.63, 3.8) is 0 Å². The summed E-state index contributed by atoms with van der Waals surface area (Å²) in [7, 11) is 0. The standard InChI is InChI=1S/C24H25N5O5/c1-15-12-18-6-4-5-7-21(18)28(15)13-23(31)34-14-22(30)27-24(16(2)25)17(3)26-19-8-10-20(11-9-19)29(32)33/h4-12,25-26H,13-14H2,1-3H3,(H,27,30)/b24-17+,25-16?. The van der Waals surface area contributed by atoms with Crippen molar-refractivity contribution in [2.75, 3.05) is 11.9 Å². The summed E-state index contributed by atoms with van der Waals surface area (Å²) in [6.07, 6.45) is 0. The Hall–Kier alpha value is -4.47. The van der Waals surface area contributed by atoms with Gasteiger partial charge in [0.2, 0.25) is 0 Å². The van der Waals surface area contributed by atoms with Gasteiger partial charge in [-0.25, -0.2) is 0 Å². The van der Waals surface area contributed by atoms with Gasteiger partial charge in [-0.15, -0.1) is 0 Å². The van der Waals surface area contributed by atoms with Gasteiger partial charge in [0.1, 0.15) is 6.54 Å². The number of allylic oxidation sites excluding steroid dienone is 2. The predicted molar refractivity (Wildman–Crippen MR) is 129 cm³/mol. The smallest absolute Gasteiger partial charge is 0.326 e. The first-order valence-corrected chi connectivity index (χ1v) is 10.4. The SMILES string of the molecule is CC(=N)/C(NC(=O)COC(=O)Cn1c(C)cc2ccccc21)=C(/C)Nc1ccc([N+](=O)[O-])cc1. The molecule has 0 aliphatic rings. The summed E-state index contributed by atoms with van der Waals surface area (Å²) < 4.78 is 6.97. The number of aromatic nitrogens is 1. The molecule has 2 aromatic carbocycles. The highest BCUT2D eigenvalue weighted by Gasteiger charge is 2.15. The van der Waals surface area contributed by atoms with E-state index in [1.165, 1.54) is 31.2 Å². The first kappa shape index (κ1) is 24.2. The van der Waals surface area contributed by atoms with Crippen LogP contribution in [0.2, 0.25) is 0 Å². The Balaban J connectivity index is 1.60. The lowest BCUT2D eigenvalue weighted by atomic mass is 10.2. The predicted octanol–water partition coefficient (Wildman–Crippen LogP) is 3.90. The first-order chi connectivity index (χ1) is 16.2. The van der Waals surface area contributed by atoms with Crippen molar-refractivity contribution in [1.29, 1.82) is 5.41 Å². The molecule has 176 valence electrons. The number of fused-ring (bicyclic) bond motifs is 1. The molecule has 10 nitrogen and oxygen atoms in total. The molecule has 0 fully saturated rings. The summed E-state index contributed by atoms with van der Waals surface area (Å²) in [6, 6.07) is 15.4. The van der Waals surface area contributed by atoms with Crippen LogP contribution >= 0.6 is 0 Å². The fourth-order valence-electron chi connectivity index (χ4n) is 3.47. The zero-order valence-electron chi connectivity index (χ0n) is 19.0. The number of ether oxygens (including phenoxy) is 1. The number of aryl methyl sites for hydroxylation is 1. The number of nitrogens with zero attached hydrogens (tertiary/aromatic N) is 2. The maximum atomic E-state index is 12.4. The Kier molecular flexibility index (Phi) is 7.42. The van der Waals surface area contributed by atoms with Gasteiger partial charge in [0.05, 0.1) is 16.3 Å². The molecule has 0 saturated heterocycles. The number of nitrogens with one attached hydrogen (secondary N) is 3. The molecule has 0 unspecified atom stereocenters. The minimum Gasteiger partial charge on any atom is -0.454 e. The Morgan fingerprint density at radius 2 is 1.79 bits per heavy atom. The van der Waals surface area contributed by atoms with Crippen LogP contribution in [0, 0.1) is 22.4 Å². The van der Waals surface area contributed by atoms with Gasteiger partial charge in [-0.3, -0.25) is 19.7 Å². The third kappa shape index (κ3) is 5.85. The van der Waals surface area contributed by atoms with Gasteiger partial charge in [-0.1, -0.05) is 18.2 Å². The molecule has 0 atom stereocenters. The Bertz CT molecular complexity index is 1290. The van der Waals surface area contributed by atoms with Crippen LogP contribution in [0.25, 0.3) is 10.9 Å². The van der Waals surface area contributed by atoms with E-state index in [1.54, 1.807) is 6.92 Å². The summed E-state index contributed by atoms with van der Waals surface area (Å²) in [4.78, 5) is 35.0. The number of carbonyl (C=O) groups excluding carboxylic acids is 2. The van der Waals surface area contributed by atoms with Crippen molar-refractivity contribution < 1.29 is 19.2 Å². The van der Waals surface area contributed by atoms with Gasteiger partial charge in [0.15, 0.2) is 6.61 Å². The maximum Gasteiger partial charge on any atom is 0.326 e. The molecule has 0 radical (unpaired) electrons. The highest BCUT2D eigenvalue weighted by atomic mass is 16.6. The van der Waals surface area contributed by atoms with Gasteiger partial charge >= 0.3 is 5.97 Å². The maximum absolute atomic E-state index is 12.4. The minimum atomic E-state index is -0.589. The van der Waals surface area contributed by atoms with Gasteiger partial charge in [-0.05, 0) is 50.4 Å². The van der Waals surface area contributed by atoms with Crippen LogP contribution in [0.3, 0.4) is 0 Å². The quantitative estimate of drug-likeness (QED) is 0.190. The van der Waals surface area contributed by atoms with E-state index in [0.717, 1.165) is 16.6 Å². The molecule has 3 N–H and O–H groups in total. The molecule has 0 aliphatic heterocycles. The van der Waals surface area contributed by atoms with Crippen molar-refractivity contribution in [2.45, 2.75) is 27.3 Å². The van der Waals surface area contributed by atoms with Gasteiger partial charge in [0, 0.05) is 34.7 Å². The molecule has 10 heteroatoms. The third-order valence-corrected chi connectivity index (χ3v) is 5.09. The lowest BCUT2D eigenvalue weighted by Crippen LogP contribution is -2.32. The molecule has 0 aliphatic carbocycles. The van der Waals surface area contributed by atoms with Crippen LogP contribution in [0.1, 0.15) is 19.5 Å². The zero-order valence-corrected chi connectivity index (χ0v) is 19.0. The van der Waals surface area contributed by atoms with E-state index in [9.17, 15) is 19.7 Å². The van der Waals surface area contributed by atoms with E-state index in [-0.39, 0.29) is 23.6 Å². The van der Waals surface area contributed by atoms with Gasteiger partial charge in [-0.2, -0.15) is 0 Å². The van der Waals surface area contributed by atoms with Crippen molar-refractivity contribution in [1.82, 2.24) is 9.88 Å². The second kappa shape index (κ2) is 10.4. The fraction of sp³-hybridized carbons (Fsp3) is 0.208. The molecular weight excluding hydrogens is 438 g/mol. The van der Waals surface area contributed by atoms with E-state index in [4.69, 9.17) is 10.1 Å². The van der Waals surface area contributed by atoms with Gasteiger partial charge < -0.3 is 25.3 Å². The van der Waals surface area contributed by atoms with Crippen molar-refractivity contribution in [3.05, 3.63) is 81.8 Å². The second-order valence-corrected chi connectivity index (χ2v) is 7.69. The monoisotopic (exact) mass is 463 g/mol. The number of esters is 1. The molecule has 0 saturated carbocycles. The molecule has 0 spiro atoms. The lowest BCUT2D eigenvalue weighted by molar-refractivity contribution is -0.384. The number of hydrogen-bond acceptors (Lipinski definition) is 7. The molecular formula is C24H25N5O5. The summed E-state index contributed by atoms with van der Waals surface area (Å²) in [5.74, 6) is -1.15. The van der Waals surface area contributed by atoms with Crippen molar-refractivity contribution in [2.24, 2.45) is 0 Å². The summed E-state index contributed by atoms with van der Waals surface area (Å²) >= 11 is 0. The highest BCUT2D eigenvalue weighted by Crippen LogP contribution is 2.19. The van der Waals surface area contributed by atoms with Crippen LogP contribution in [0.5, 0.6) is 0 Å². The largest absolute Gasteiger partial charge is 0.454 e. The number of rotatable bonds is 9. The number of amides is 1. The van der Waals surface area contributed by atoms with Crippen LogP contribution in [0.4, 0.5) is 11.4 Å². The molecule has 34 heavy (non-hydrogen) atoms. The van der Waals surface area contributed by atoms with Crippen LogP contribution in [-0.2, 0) is 20.9 Å². The molecule has 1 aromatic heterocycles. The number of para-hydroxylation sites is 1. The van der Waals surface area contributed by atoms with Crippen molar-refractivity contribution in [3.8, 4) is 0 Å². The number of hydrogen-bond donors (Lipinski definition) is 3. The Morgan fingerprint density at radius 3 is 2.44 bits per heavy atom. The molecule has 0 bridgehead atoms.